The third-order valence-corrected chi connectivity index (χ3v) is 0.220. The van der Waals surface area contributed by atoms with Crippen molar-refractivity contribution >= 4 is 15.9 Å². The Morgan fingerprint density at radius 3 is 2.00 bits per heavy atom. The van der Waals surface area contributed by atoms with Crippen LogP contribution in [0.15, 0.2) is 0 Å². The maximum absolute atomic E-state index is 7.47. The van der Waals surface area contributed by atoms with E-state index < -0.39 is 0 Å². The van der Waals surface area contributed by atoms with E-state index in [-0.39, 0.29) is 0 Å². The summed E-state index contributed by atoms with van der Waals surface area (Å²) in [6, 6.07) is 0. The summed E-state index contributed by atoms with van der Waals surface area (Å²) < 4.78 is 0. The number of hydrogen-bond donors (Lipinski definition) is 1. The average Bonchev–Trinajstić information content (AvgIpc) is 1.37. The molecule has 0 radical (unpaired) electrons. The predicted octanol–water partition coefficient (Wildman–Crippen LogP) is 0.672. The van der Waals surface area contributed by atoms with Crippen molar-refractivity contribution in [2.24, 2.45) is 0 Å². The molecule has 0 bridgehead atoms. The Morgan fingerprint density at radius 1 is 1.75 bits per heavy atom. The van der Waals surface area contributed by atoms with Crippen LogP contribution < -0.4 is 0 Å². The quantitative estimate of drug-likeness (QED) is 0.467. The molecule has 0 saturated heterocycles. The molecule has 0 atom stereocenters. The topological polar surface area (TPSA) is 20.2 Å². The fraction of sp³-hybridized carbons (Fsp3) is 0. The summed E-state index contributed by atoms with van der Waals surface area (Å²) in [6.07, 6.45) is 1.60. The lowest BCUT2D eigenvalue weighted by Crippen LogP contribution is -1.33. The van der Waals surface area contributed by atoms with Crippen molar-refractivity contribution in [2.45, 2.75) is 0 Å². The summed E-state index contributed by atoms with van der Waals surface area (Å²) in [7, 11) is 0. The summed E-state index contributed by atoms with van der Waals surface area (Å²) >= 11 is 2.64. The molecule has 1 N–H and O–H groups in total. The maximum Gasteiger partial charge on any atom is 0.120 e. The predicted molar refractivity (Wildman–Crippen MR) is 18.6 cm³/mol. The minimum Gasteiger partial charge on any atom is -0.461 e. The summed E-state index contributed by atoms with van der Waals surface area (Å²) in [5.41, 5.74) is 0. The minimum atomic E-state index is 1.60. The van der Waals surface area contributed by atoms with Gasteiger partial charge in [0.15, 0.2) is 0 Å². The molecule has 1 nitrogen and oxygen atoms in total. The molecular weight excluding hydrogens is 120 g/mol. The van der Waals surface area contributed by atoms with Gasteiger partial charge in [0.25, 0.3) is 0 Å². The molecule has 0 aliphatic heterocycles. The SMILES string of the molecule is OC#CBr. The van der Waals surface area contributed by atoms with E-state index in [1.807, 2.05) is 4.83 Å². The summed E-state index contributed by atoms with van der Waals surface area (Å²) in [5, 5.41) is 7.47. The Kier molecular flexibility index (Phi) is 2.73. The van der Waals surface area contributed by atoms with Gasteiger partial charge in [-0.2, -0.15) is 0 Å². The molecule has 22 valence electrons. The molecule has 0 rings (SSSR count). The Labute approximate surface area is 32.8 Å². The highest BCUT2D eigenvalue weighted by molar-refractivity contribution is 9.12. The fourth-order valence-electron chi connectivity index (χ4n) is 0. The third kappa shape index (κ3) is 1.84. The molecule has 0 aromatic heterocycles. The van der Waals surface area contributed by atoms with E-state index in [1.54, 1.807) is 6.11 Å². The summed E-state index contributed by atoms with van der Waals surface area (Å²) in [4.78, 5) is 2.05. The van der Waals surface area contributed by atoms with Gasteiger partial charge < -0.3 is 5.11 Å². The van der Waals surface area contributed by atoms with Gasteiger partial charge >= 0.3 is 0 Å². The van der Waals surface area contributed by atoms with Crippen molar-refractivity contribution in [1.29, 1.82) is 0 Å². The van der Waals surface area contributed by atoms with Gasteiger partial charge in [0.05, 0.1) is 0 Å². The van der Waals surface area contributed by atoms with Crippen LogP contribution in [0.25, 0.3) is 0 Å². The molecule has 0 saturated carbocycles. The van der Waals surface area contributed by atoms with Gasteiger partial charge in [-0.05, 0) is 0 Å². The molecule has 0 unspecified atom stereocenters. The number of hydrogen-bond acceptors (Lipinski definition) is 1. The van der Waals surface area contributed by atoms with E-state index in [2.05, 4.69) is 15.9 Å². The number of halogens is 1. The number of aliphatic hydroxyl groups is 1. The number of aliphatic hydroxyl groups excluding tert-OH is 1. The first-order valence-electron chi connectivity index (χ1n) is 0.663. The zero-order valence-corrected chi connectivity index (χ0v) is 3.41. The van der Waals surface area contributed by atoms with Crippen LogP contribution in [0.5, 0.6) is 0 Å². The van der Waals surface area contributed by atoms with Crippen LogP contribution in [0, 0.1) is 10.9 Å². The highest BCUT2D eigenvalue weighted by atomic mass is 79.9. The van der Waals surface area contributed by atoms with Crippen molar-refractivity contribution in [3.63, 3.8) is 0 Å². The van der Waals surface area contributed by atoms with Gasteiger partial charge in [0.2, 0.25) is 0 Å². The Bertz CT molecular complexity index is 42.8. The molecule has 2 heteroatoms. The van der Waals surface area contributed by atoms with Gasteiger partial charge in [-0.1, -0.05) is 0 Å². The van der Waals surface area contributed by atoms with Crippen molar-refractivity contribution in [2.75, 3.05) is 0 Å². The largest absolute Gasteiger partial charge is 0.461 e. The smallest absolute Gasteiger partial charge is 0.120 e. The van der Waals surface area contributed by atoms with Crippen LogP contribution in [0.3, 0.4) is 0 Å². The van der Waals surface area contributed by atoms with Crippen LogP contribution >= 0.6 is 15.9 Å². The molecule has 0 spiro atoms. The molecule has 0 aromatic carbocycles. The van der Waals surface area contributed by atoms with Crippen LogP contribution in [0.2, 0.25) is 0 Å². The van der Waals surface area contributed by atoms with E-state index in [4.69, 9.17) is 5.11 Å². The van der Waals surface area contributed by atoms with Gasteiger partial charge in [-0.3, -0.25) is 0 Å². The second kappa shape index (κ2) is 2.84. The summed E-state index contributed by atoms with van der Waals surface area (Å²) in [5.74, 6) is 0. The number of rotatable bonds is 0. The van der Waals surface area contributed by atoms with Crippen molar-refractivity contribution in [1.82, 2.24) is 0 Å². The van der Waals surface area contributed by atoms with Gasteiger partial charge in [-0.25, -0.2) is 0 Å². The molecule has 0 aromatic rings. The fourth-order valence-corrected chi connectivity index (χ4v) is 0. The van der Waals surface area contributed by atoms with E-state index in [0.717, 1.165) is 0 Å². The Morgan fingerprint density at radius 2 is 2.00 bits per heavy atom. The first-order valence-corrected chi connectivity index (χ1v) is 1.46. The van der Waals surface area contributed by atoms with E-state index in [0.29, 0.717) is 0 Å². The molecule has 0 heterocycles. The van der Waals surface area contributed by atoms with E-state index >= 15 is 0 Å². The molecule has 4 heavy (non-hydrogen) atoms. The lowest BCUT2D eigenvalue weighted by atomic mass is 11.3. The Balaban J connectivity index is 2.83. The van der Waals surface area contributed by atoms with Gasteiger partial charge in [0.1, 0.15) is 6.11 Å². The maximum atomic E-state index is 7.47. The van der Waals surface area contributed by atoms with Crippen LogP contribution in [0.4, 0.5) is 0 Å². The molecular formula is C2HBrO. The van der Waals surface area contributed by atoms with Crippen LogP contribution in [-0.2, 0) is 0 Å². The molecule has 0 aliphatic carbocycles. The van der Waals surface area contributed by atoms with Crippen molar-refractivity contribution in [3.8, 4) is 10.9 Å². The third-order valence-electron chi connectivity index (χ3n) is 0.0423. The van der Waals surface area contributed by atoms with E-state index in [9.17, 15) is 0 Å². The minimum absolute atomic E-state index is 1.60. The zero-order valence-electron chi connectivity index (χ0n) is 1.83. The first-order chi connectivity index (χ1) is 1.91. The average molecular weight is 121 g/mol. The van der Waals surface area contributed by atoms with Crippen LogP contribution in [0.1, 0.15) is 0 Å². The first kappa shape index (κ1) is 3.84. The Hall–Kier alpha value is -0.160. The van der Waals surface area contributed by atoms with Crippen molar-refractivity contribution < 1.29 is 5.11 Å². The summed E-state index contributed by atoms with van der Waals surface area (Å²) in [6.45, 7) is 0. The molecule has 0 aliphatic rings. The highest BCUT2D eigenvalue weighted by Gasteiger charge is 1.32. The standard InChI is InChI=1S/C2HBrO/c3-1-2-4/h4H. The van der Waals surface area contributed by atoms with Gasteiger partial charge in [-0.15, -0.1) is 0 Å². The second-order valence-corrected chi connectivity index (χ2v) is 0.603. The molecule has 0 amide bonds. The molecule has 0 fully saturated rings. The lowest BCUT2D eigenvalue weighted by Gasteiger charge is -1.40. The van der Waals surface area contributed by atoms with Crippen molar-refractivity contribution in [3.05, 3.63) is 0 Å². The monoisotopic (exact) mass is 120 g/mol. The zero-order chi connectivity index (χ0) is 3.41. The normalized spacial score (nSPS) is 3.25. The van der Waals surface area contributed by atoms with E-state index in [1.165, 1.54) is 0 Å². The highest BCUT2D eigenvalue weighted by Crippen LogP contribution is 1.61. The van der Waals surface area contributed by atoms with Crippen LogP contribution in [-0.4, -0.2) is 5.11 Å². The lowest BCUT2D eigenvalue weighted by molar-refractivity contribution is 0.518. The second-order valence-electron chi connectivity index (χ2n) is 0.206. The van der Waals surface area contributed by atoms with Gasteiger partial charge in [0, 0.05) is 20.8 Å².